The van der Waals surface area contributed by atoms with Crippen molar-refractivity contribution in [2.75, 3.05) is 0 Å². The molecule has 2 saturated heterocycles. The van der Waals surface area contributed by atoms with Crippen molar-refractivity contribution in [2.45, 2.75) is 42.2 Å². The number of hydrogen-bond donors (Lipinski definition) is 3. The highest BCUT2D eigenvalue weighted by atomic mass is 32.2. The Morgan fingerprint density at radius 3 is 2.03 bits per heavy atom. The normalized spacial score (nSPS) is 25.0. The van der Waals surface area contributed by atoms with Gasteiger partial charge in [0, 0.05) is 4.75 Å². The van der Waals surface area contributed by atoms with Gasteiger partial charge in [-0.1, -0.05) is 60.7 Å². The molecule has 8 heteroatoms. The second-order valence-corrected chi connectivity index (χ2v) is 10.1. The molecule has 2 aromatic carbocycles. The van der Waals surface area contributed by atoms with Crippen LogP contribution in [0.4, 0.5) is 0 Å². The molecule has 2 fully saturated rings. The number of carbonyl (C=O) groups excluding carboxylic acids is 2. The SMILES string of the molecule is CC1(C)S[C@@H]2[C@H]([C@H](O)C(=O)NC(c3ccccc3)c3ccccc3)C(=O)N2[C@H]1C(=O)O. The quantitative estimate of drug-likeness (QED) is 0.594. The monoisotopic (exact) mass is 440 g/mol. The number of fused-ring (bicyclic) bond motifs is 1. The van der Waals surface area contributed by atoms with Gasteiger partial charge in [-0.25, -0.2) is 4.79 Å². The van der Waals surface area contributed by atoms with Gasteiger partial charge in [0.25, 0.3) is 5.91 Å². The van der Waals surface area contributed by atoms with E-state index in [0.717, 1.165) is 11.1 Å². The van der Waals surface area contributed by atoms with E-state index in [-0.39, 0.29) is 0 Å². The highest BCUT2D eigenvalue weighted by Crippen LogP contribution is 2.54. The summed E-state index contributed by atoms with van der Waals surface area (Å²) >= 11 is 1.31. The number of amides is 2. The molecule has 0 spiro atoms. The number of aliphatic carboxylic acids is 1. The number of carbonyl (C=O) groups is 3. The van der Waals surface area contributed by atoms with E-state index in [2.05, 4.69) is 5.32 Å². The Morgan fingerprint density at radius 2 is 1.55 bits per heavy atom. The number of benzene rings is 2. The molecular formula is C23H24N2O5S. The summed E-state index contributed by atoms with van der Waals surface area (Å²) in [6.45, 7) is 3.51. The molecule has 0 saturated carbocycles. The van der Waals surface area contributed by atoms with Crippen LogP contribution in [0.25, 0.3) is 0 Å². The molecule has 162 valence electrons. The Bertz CT molecular complexity index is 958. The standard InChI is InChI=1S/C23H24N2O5S/c1-23(2)18(22(29)30)25-20(28)15(21(25)31-23)17(26)19(27)24-16(13-9-5-3-6-10-13)14-11-7-4-8-12-14/h3-12,15-18,21,26H,1-2H3,(H,24,27)(H,29,30)/t15-,17+,18+,21-/m1/s1. The minimum atomic E-state index is -1.57. The van der Waals surface area contributed by atoms with E-state index in [9.17, 15) is 24.6 Å². The molecule has 3 N–H and O–H groups in total. The highest BCUT2D eigenvalue weighted by molar-refractivity contribution is 8.01. The second kappa shape index (κ2) is 8.01. The Kier molecular flexibility index (Phi) is 5.53. The van der Waals surface area contributed by atoms with Crippen molar-refractivity contribution in [3.8, 4) is 0 Å². The van der Waals surface area contributed by atoms with E-state index in [1.54, 1.807) is 13.8 Å². The Balaban J connectivity index is 1.54. The largest absolute Gasteiger partial charge is 0.480 e. The van der Waals surface area contributed by atoms with Crippen LogP contribution in [0.1, 0.15) is 31.0 Å². The minimum absolute atomic E-state index is 0.490. The number of aliphatic hydroxyl groups excluding tert-OH is 1. The number of hydrogen-bond acceptors (Lipinski definition) is 5. The molecule has 0 aromatic heterocycles. The maximum atomic E-state index is 13.0. The molecule has 31 heavy (non-hydrogen) atoms. The van der Waals surface area contributed by atoms with E-state index < -0.39 is 52.0 Å². The zero-order valence-corrected chi connectivity index (χ0v) is 18.0. The smallest absolute Gasteiger partial charge is 0.327 e. The van der Waals surface area contributed by atoms with E-state index in [4.69, 9.17) is 0 Å². The van der Waals surface area contributed by atoms with Crippen molar-refractivity contribution in [1.29, 1.82) is 0 Å². The van der Waals surface area contributed by atoms with Crippen molar-refractivity contribution in [3.63, 3.8) is 0 Å². The van der Waals surface area contributed by atoms with Crippen LogP contribution in [-0.4, -0.2) is 55.2 Å². The number of thioether (sulfide) groups is 1. The summed E-state index contributed by atoms with van der Waals surface area (Å²) in [7, 11) is 0. The number of aliphatic hydroxyl groups is 1. The lowest BCUT2D eigenvalue weighted by Crippen LogP contribution is -2.67. The van der Waals surface area contributed by atoms with Crippen LogP contribution >= 0.6 is 11.8 Å². The van der Waals surface area contributed by atoms with Crippen LogP contribution in [0.2, 0.25) is 0 Å². The molecule has 2 aliphatic rings. The summed E-state index contributed by atoms with van der Waals surface area (Å²) in [4.78, 5) is 38.7. The zero-order valence-electron chi connectivity index (χ0n) is 17.1. The lowest BCUT2D eigenvalue weighted by atomic mass is 9.87. The van der Waals surface area contributed by atoms with Crippen LogP contribution in [0.5, 0.6) is 0 Å². The van der Waals surface area contributed by atoms with Gasteiger partial charge in [-0.05, 0) is 25.0 Å². The summed E-state index contributed by atoms with van der Waals surface area (Å²) in [5.41, 5.74) is 1.69. The Labute approximate surface area is 184 Å². The third kappa shape index (κ3) is 3.70. The van der Waals surface area contributed by atoms with E-state index >= 15 is 0 Å². The van der Waals surface area contributed by atoms with E-state index in [1.807, 2.05) is 60.7 Å². The number of rotatable bonds is 6. The second-order valence-electron chi connectivity index (χ2n) is 8.33. The summed E-state index contributed by atoms with van der Waals surface area (Å²) < 4.78 is -0.715. The zero-order chi connectivity index (χ0) is 22.3. The first kappa shape index (κ1) is 21.4. The van der Waals surface area contributed by atoms with Crippen molar-refractivity contribution >= 4 is 29.5 Å². The van der Waals surface area contributed by atoms with Crippen molar-refractivity contribution in [3.05, 3.63) is 71.8 Å². The molecule has 2 amide bonds. The van der Waals surface area contributed by atoms with Gasteiger partial charge in [0.15, 0.2) is 0 Å². The fourth-order valence-corrected chi connectivity index (χ4v) is 6.09. The fourth-order valence-electron chi connectivity index (χ4n) is 4.37. The average molecular weight is 441 g/mol. The predicted octanol–water partition coefficient (Wildman–Crippen LogP) is 2.02. The molecule has 0 unspecified atom stereocenters. The molecule has 2 aromatic rings. The Hall–Kier alpha value is -2.84. The molecule has 7 nitrogen and oxygen atoms in total. The molecule has 0 radical (unpaired) electrons. The molecule has 0 aliphatic carbocycles. The third-order valence-electron chi connectivity index (χ3n) is 5.88. The van der Waals surface area contributed by atoms with Crippen LogP contribution in [0, 0.1) is 5.92 Å². The van der Waals surface area contributed by atoms with Gasteiger partial charge in [0.05, 0.1) is 11.4 Å². The lowest BCUT2D eigenvalue weighted by molar-refractivity contribution is -0.171. The van der Waals surface area contributed by atoms with Gasteiger partial charge >= 0.3 is 5.97 Å². The number of β-lactam (4-membered cyclic amide) rings is 1. The van der Waals surface area contributed by atoms with Crippen molar-refractivity contribution in [1.82, 2.24) is 10.2 Å². The third-order valence-corrected chi connectivity index (χ3v) is 7.47. The number of nitrogens with one attached hydrogen (secondary N) is 1. The minimum Gasteiger partial charge on any atom is -0.480 e. The van der Waals surface area contributed by atoms with Crippen molar-refractivity contribution in [2.24, 2.45) is 5.92 Å². The van der Waals surface area contributed by atoms with Gasteiger partial charge in [-0.15, -0.1) is 11.8 Å². The molecule has 2 heterocycles. The molecular weight excluding hydrogens is 416 g/mol. The molecule has 4 atom stereocenters. The summed E-state index contributed by atoms with van der Waals surface area (Å²) in [5, 5.41) is 22.6. The average Bonchev–Trinajstić information content (AvgIpc) is 3.00. The first-order valence-electron chi connectivity index (χ1n) is 10.0. The summed E-state index contributed by atoms with van der Waals surface area (Å²) in [5.74, 6) is -3.22. The first-order valence-corrected chi connectivity index (χ1v) is 10.9. The Morgan fingerprint density at radius 1 is 1.03 bits per heavy atom. The number of nitrogens with zero attached hydrogens (tertiary/aromatic N) is 1. The highest BCUT2D eigenvalue weighted by Gasteiger charge is 2.66. The van der Waals surface area contributed by atoms with E-state index in [0.29, 0.717) is 0 Å². The molecule has 2 aliphatic heterocycles. The van der Waals surface area contributed by atoms with Crippen LogP contribution < -0.4 is 5.32 Å². The number of carboxylic acids is 1. The summed E-state index contributed by atoms with van der Waals surface area (Å²) in [6, 6.07) is 17.3. The number of carboxylic acid groups (broad SMARTS) is 1. The molecule has 0 bridgehead atoms. The van der Waals surface area contributed by atoms with Crippen molar-refractivity contribution < 1.29 is 24.6 Å². The van der Waals surface area contributed by atoms with Gasteiger partial charge in [0.2, 0.25) is 5.91 Å². The van der Waals surface area contributed by atoms with Gasteiger partial charge < -0.3 is 20.4 Å². The maximum absolute atomic E-state index is 13.0. The van der Waals surface area contributed by atoms with Gasteiger partial charge in [-0.3, -0.25) is 9.59 Å². The van der Waals surface area contributed by atoms with Crippen LogP contribution in [0.3, 0.4) is 0 Å². The lowest BCUT2D eigenvalue weighted by Gasteiger charge is -2.45. The van der Waals surface area contributed by atoms with Gasteiger partial charge in [0.1, 0.15) is 18.1 Å². The summed E-state index contributed by atoms with van der Waals surface area (Å²) in [6.07, 6.45) is -1.57. The van der Waals surface area contributed by atoms with Crippen LogP contribution in [0.15, 0.2) is 60.7 Å². The molecule has 4 rings (SSSR count). The van der Waals surface area contributed by atoms with E-state index in [1.165, 1.54) is 16.7 Å². The topological polar surface area (TPSA) is 107 Å². The maximum Gasteiger partial charge on any atom is 0.327 e. The van der Waals surface area contributed by atoms with Gasteiger partial charge in [-0.2, -0.15) is 0 Å². The fraction of sp³-hybridized carbons (Fsp3) is 0.348. The predicted molar refractivity (Wildman–Crippen MR) is 116 cm³/mol. The van der Waals surface area contributed by atoms with Crippen LogP contribution in [-0.2, 0) is 14.4 Å². The first-order chi connectivity index (χ1) is 14.7.